The fourth-order valence-corrected chi connectivity index (χ4v) is 1.92. The Morgan fingerprint density at radius 2 is 1.65 bits per heavy atom. The molecule has 0 bridgehead atoms. The Morgan fingerprint density at radius 1 is 1.05 bits per heavy atom. The maximum Gasteiger partial charge on any atom is 0.254 e. The highest BCUT2D eigenvalue weighted by Gasteiger charge is 2.14. The van der Waals surface area contributed by atoms with Gasteiger partial charge in [-0.2, -0.15) is 9.97 Å². The summed E-state index contributed by atoms with van der Waals surface area (Å²) < 4.78 is 0. The van der Waals surface area contributed by atoms with Crippen LogP contribution in [-0.4, -0.2) is 40.7 Å². The van der Waals surface area contributed by atoms with E-state index < -0.39 is 0 Å². The van der Waals surface area contributed by atoms with Gasteiger partial charge in [-0.25, -0.2) is 10.0 Å². The average Bonchev–Trinajstić information content (AvgIpc) is 2.44. The molecule has 0 spiro atoms. The first-order valence-electron chi connectivity index (χ1n) is 7.50. The molecule has 0 amide bonds. The van der Waals surface area contributed by atoms with Crippen molar-refractivity contribution in [2.45, 2.75) is 53.6 Å². The number of aromatic nitrogens is 3. The molecule has 6 heteroatoms. The Labute approximate surface area is 122 Å². The van der Waals surface area contributed by atoms with Crippen LogP contribution in [0.4, 0.5) is 11.9 Å². The molecule has 0 aromatic carbocycles. The molecule has 1 heterocycles. The molecule has 0 saturated carbocycles. The summed E-state index contributed by atoms with van der Waals surface area (Å²) >= 11 is 0. The highest BCUT2D eigenvalue weighted by atomic mass is 16.7. The lowest BCUT2D eigenvalue weighted by molar-refractivity contribution is 0.0550. The summed E-state index contributed by atoms with van der Waals surface area (Å²) in [5, 5.41) is 1.71. The van der Waals surface area contributed by atoms with Crippen molar-refractivity contribution >= 4 is 11.9 Å². The normalized spacial score (nSPS) is 10.9. The highest BCUT2D eigenvalue weighted by Crippen LogP contribution is 2.14. The van der Waals surface area contributed by atoms with Gasteiger partial charge in [-0.3, -0.25) is 4.84 Å². The Hall–Kier alpha value is -1.43. The van der Waals surface area contributed by atoms with Crippen molar-refractivity contribution in [3.05, 3.63) is 6.33 Å². The molecule has 0 atom stereocenters. The predicted octanol–water partition coefficient (Wildman–Crippen LogP) is 2.66. The number of hydroxylamine groups is 1. The summed E-state index contributed by atoms with van der Waals surface area (Å²) in [5.41, 5.74) is 0. The van der Waals surface area contributed by atoms with E-state index in [4.69, 9.17) is 4.84 Å². The van der Waals surface area contributed by atoms with E-state index in [1.807, 2.05) is 20.8 Å². The second kappa shape index (κ2) is 8.68. The Balaban J connectivity index is 2.91. The van der Waals surface area contributed by atoms with Crippen LogP contribution in [0.15, 0.2) is 6.33 Å². The quantitative estimate of drug-likeness (QED) is 0.649. The van der Waals surface area contributed by atoms with E-state index in [0.29, 0.717) is 12.5 Å². The smallest absolute Gasteiger partial charge is 0.254 e. The molecular formula is C14H27N5O. The zero-order valence-corrected chi connectivity index (χ0v) is 13.3. The molecular weight excluding hydrogens is 254 g/mol. The van der Waals surface area contributed by atoms with Crippen molar-refractivity contribution in [1.82, 2.24) is 15.0 Å². The second-order valence-corrected chi connectivity index (χ2v) is 4.92. The molecule has 0 unspecified atom stereocenters. The van der Waals surface area contributed by atoms with Crippen LogP contribution in [0.25, 0.3) is 0 Å². The third kappa shape index (κ3) is 4.92. The average molecular weight is 281 g/mol. The van der Waals surface area contributed by atoms with E-state index in [-0.39, 0.29) is 6.10 Å². The van der Waals surface area contributed by atoms with Crippen molar-refractivity contribution in [2.24, 2.45) is 0 Å². The summed E-state index contributed by atoms with van der Waals surface area (Å²) in [7, 11) is 0. The van der Waals surface area contributed by atoms with Crippen LogP contribution < -0.4 is 9.96 Å². The maximum atomic E-state index is 5.70. The van der Waals surface area contributed by atoms with Gasteiger partial charge in [0.1, 0.15) is 6.33 Å². The Bertz CT molecular complexity index is 362. The minimum absolute atomic E-state index is 0.0950. The lowest BCUT2D eigenvalue weighted by Gasteiger charge is -2.25. The van der Waals surface area contributed by atoms with Gasteiger partial charge in [-0.1, -0.05) is 13.8 Å². The molecule has 20 heavy (non-hydrogen) atoms. The van der Waals surface area contributed by atoms with Crippen molar-refractivity contribution in [3.8, 4) is 0 Å². The van der Waals surface area contributed by atoms with Crippen molar-refractivity contribution in [3.63, 3.8) is 0 Å². The standard InChI is InChI=1S/C14H27N5O/c1-6-9-18(10-7-2)13-15-11-16-14(17-13)19(8-3)20-12(4)5/h11-12H,6-10H2,1-5H3. The summed E-state index contributed by atoms with van der Waals surface area (Å²) in [5.74, 6) is 1.30. The zero-order valence-electron chi connectivity index (χ0n) is 13.3. The first-order valence-corrected chi connectivity index (χ1v) is 7.50. The molecule has 1 rings (SSSR count). The molecule has 0 aliphatic heterocycles. The van der Waals surface area contributed by atoms with Crippen LogP contribution in [0.1, 0.15) is 47.5 Å². The molecule has 0 aliphatic carbocycles. The molecule has 0 fully saturated rings. The van der Waals surface area contributed by atoms with Crippen LogP contribution in [-0.2, 0) is 4.84 Å². The van der Waals surface area contributed by atoms with Crippen molar-refractivity contribution in [1.29, 1.82) is 0 Å². The van der Waals surface area contributed by atoms with Crippen LogP contribution in [0.2, 0.25) is 0 Å². The second-order valence-electron chi connectivity index (χ2n) is 4.92. The molecule has 0 saturated heterocycles. The van der Waals surface area contributed by atoms with Gasteiger partial charge in [0.25, 0.3) is 5.95 Å². The summed E-state index contributed by atoms with van der Waals surface area (Å²) in [6, 6.07) is 0. The van der Waals surface area contributed by atoms with E-state index in [1.165, 1.54) is 0 Å². The van der Waals surface area contributed by atoms with E-state index in [9.17, 15) is 0 Å². The number of nitrogens with zero attached hydrogens (tertiary/aromatic N) is 5. The first kappa shape index (κ1) is 16.6. The van der Waals surface area contributed by atoms with Gasteiger partial charge in [-0.05, 0) is 33.6 Å². The van der Waals surface area contributed by atoms with Crippen LogP contribution in [0.3, 0.4) is 0 Å². The Morgan fingerprint density at radius 3 is 2.15 bits per heavy atom. The number of anilines is 2. The van der Waals surface area contributed by atoms with Gasteiger partial charge in [-0.15, -0.1) is 0 Å². The third-order valence-corrected chi connectivity index (χ3v) is 2.66. The number of hydrogen-bond acceptors (Lipinski definition) is 6. The third-order valence-electron chi connectivity index (χ3n) is 2.66. The lowest BCUT2D eigenvalue weighted by Crippen LogP contribution is -2.31. The van der Waals surface area contributed by atoms with Gasteiger partial charge in [0.05, 0.1) is 6.10 Å². The largest absolute Gasteiger partial charge is 0.341 e. The first-order chi connectivity index (χ1) is 9.62. The topological polar surface area (TPSA) is 54.4 Å². The molecule has 0 radical (unpaired) electrons. The summed E-state index contributed by atoms with van der Waals surface area (Å²) in [4.78, 5) is 20.9. The minimum Gasteiger partial charge on any atom is -0.341 e. The predicted molar refractivity (Wildman–Crippen MR) is 81.9 cm³/mol. The monoisotopic (exact) mass is 281 g/mol. The molecule has 1 aromatic rings. The lowest BCUT2D eigenvalue weighted by atomic mass is 10.4. The van der Waals surface area contributed by atoms with Gasteiger partial charge in [0.2, 0.25) is 5.95 Å². The van der Waals surface area contributed by atoms with E-state index in [0.717, 1.165) is 31.9 Å². The number of rotatable bonds is 9. The molecule has 0 N–H and O–H groups in total. The van der Waals surface area contributed by atoms with Crippen LogP contribution in [0, 0.1) is 0 Å². The molecule has 114 valence electrons. The van der Waals surface area contributed by atoms with Gasteiger partial charge in [0, 0.05) is 19.6 Å². The Kier molecular flexibility index (Phi) is 7.22. The van der Waals surface area contributed by atoms with E-state index in [1.54, 1.807) is 11.4 Å². The SMILES string of the molecule is CCCN(CCC)c1ncnc(N(CC)OC(C)C)n1. The molecule has 0 aliphatic rings. The van der Waals surface area contributed by atoms with E-state index >= 15 is 0 Å². The van der Waals surface area contributed by atoms with Crippen molar-refractivity contribution < 1.29 is 4.84 Å². The van der Waals surface area contributed by atoms with E-state index in [2.05, 4.69) is 33.7 Å². The van der Waals surface area contributed by atoms with Crippen LogP contribution >= 0.6 is 0 Å². The van der Waals surface area contributed by atoms with Crippen LogP contribution in [0.5, 0.6) is 0 Å². The maximum absolute atomic E-state index is 5.70. The van der Waals surface area contributed by atoms with Gasteiger partial charge >= 0.3 is 0 Å². The van der Waals surface area contributed by atoms with Gasteiger partial charge < -0.3 is 4.90 Å². The zero-order chi connectivity index (χ0) is 15.0. The fourth-order valence-electron chi connectivity index (χ4n) is 1.92. The van der Waals surface area contributed by atoms with Crippen molar-refractivity contribution in [2.75, 3.05) is 29.6 Å². The summed E-state index contributed by atoms with van der Waals surface area (Å²) in [6.07, 6.45) is 3.79. The molecule has 1 aromatic heterocycles. The minimum atomic E-state index is 0.0950. The molecule has 6 nitrogen and oxygen atoms in total. The van der Waals surface area contributed by atoms with Gasteiger partial charge in [0.15, 0.2) is 0 Å². The fraction of sp³-hybridized carbons (Fsp3) is 0.786. The highest BCUT2D eigenvalue weighted by molar-refractivity contribution is 5.35. The summed E-state index contributed by atoms with van der Waals surface area (Å²) in [6.45, 7) is 12.9. The number of hydrogen-bond donors (Lipinski definition) is 0.